The number of nitrogens with one attached hydrogen (secondary N) is 1. The van der Waals surface area contributed by atoms with Crippen LogP contribution in [0.1, 0.15) is 97.6 Å². The summed E-state index contributed by atoms with van der Waals surface area (Å²) in [5.74, 6) is -0.532. The number of rotatable bonds is 5. The second-order valence-electron chi connectivity index (χ2n) is 13.5. The van der Waals surface area contributed by atoms with Crippen LogP contribution in [0.15, 0.2) is 40.6 Å². The number of hydrogen-bond donors (Lipinski definition) is 2. The van der Waals surface area contributed by atoms with Gasteiger partial charge in [0.15, 0.2) is 0 Å². The van der Waals surface area contributed by atoms with Crippen molar-refractivity contribution in [2.24, 2.45) is 0 Å². The average Bonchev–Trinajstić information content (AvgIpc) is 2.98. The quantitative estimate of drug-likeness (QED) is 0.330. The summed E-state index contributed by atoms with van der Waals surface area (Å²) in [5, 5.41) is 19.4. The Morgan fingerprint density at radius 1 is 1.02 bits per heavy atom. The van der Waals surface area contributed by atoms with E-state index in [1.165, 1.54) is 11.6 Å². The summed E-state index contributed by atoms with van der Waals surface area (Å²) >= 11 is 0. The number of carbonyl (C=O) groups is 1. The van der Waals surface area contributed by atoms with E-state index in [1.54, 1.807) is 0 Å². The van der Waals surface area contributed by atoms with E-state index in [-0.39, 0.29) is 17.4 Å². The molecular weight excluding hydrogens is 569 g/mol. The normalized spacial score (nSPS) is 23.4. The highest BCUT2D eigenvalue weighted by atomic mass is 19.4. The van der Waals surface area contributed by atoms with Crippen molar-refractivity contribution in [1.29, 1.82) is 5.41 Å². The summed E-state index contributed by atoms with van der Waals surface area (Å²) < 4.78 is 45.1. The number of carbonyl (C=O) groups excluding carboxylic acids is 1. The number of halogens is 3. The van der Waals surface area contributed by atoms with E-state index in [0.717, 1.165) is 81.9 Å². The molecule has 3 saturated heterocycles. The fourth-order valence-corrected chi connectivity index (χ4v) is 6.81. The monoisotopic (exact) mass is 618 g/mol. The molecule has 3 heterocycles. The number of alkyl halides is 3. The van der Waals surface area contributed by atoms with Crippen LogP contribution in [0, 0.1) is 5.41 Å². The van der Waals surface area contributed by atoms with Gasteiger partial charge in [-0.2, -0.15) is 13.2 Å². The molecule has 3 fully saturated rings. The first-order valence-corrected chi connectivity index (χ1v) is 16.0. The molecule has 44 heavy (non-hydrogen) atoms. The maximum Gasteiger partial charge on any atom is 0.416 e. The van der Waals surface area contributed by atoms with Crippen LogP contribution in [0.25, 0.3) is 0 Å². The molecule has 0 bridgehead atoms. The van der Waals surface area contributed by atoms with Crippen molar-refractivity contribution in [3.63, 3.8) is 0 Å². The standard InChI is InChI=1S/C34H49F3N4O3/c1-7-22(2)31-27(23(3)30(38)28-13-12-24(20-29(28)42)34(35,36)37)11-9-17-41(31)26-10-8-16-40(21-26)25-14-18-39(19-15-25)32(43)44-33(4,5)6/h12-13,20,25-26,38,42H,7-11,14-19,21H2,1-6H3/b27-23-,31-22?,38-30?/t26-/m1/s1. The molecule has 1 atom stereocenters. The predicted octanol–water partition coefficient (Wildman–Crippen LogP) is 7.74. The number of allylic oxidation sites excluding steroid dienone is 3. The lowest BCUT2D eigenvalue weighted by Gasteiger charge is -2.48. The van der Waals surface area contributed by atoms with E-state index >= 15 is 0 Å². The topological polar surface area (TPSA) is 80.1 Å². The molecule has 0 aromatic heterocycles. The maximum atomic E-state index is 13.2. The van der Waals surface area contributed by atoms with Gasteiger partial charge in [-0.3, -0.25) is 10.3 Å². The minimum Gasteiger partial charge on any atom is -0.507 e. The molecule has 3 aliphatic heterocycles. The van der Waals surface area contributed by atoms with E-state index in [0.29, 0.717) is 36.8 Å². The van der Waals surface area contributed by atoms with E-state index in [2.05, 4.69) is 23.6 Å². The Kier molecular flexibility index (Phi) is 10.4. The van der Waals surface area contributed by atoms with Crippen LogP contribution in [0.3, 0.4) is 0 Å². The Hall–Kier alpha value is -3.01. The Balaban J connectivity index is 1.52. The molecule has 1 aromatic rings. The van der Waals surface area contributed by atoms with E-state index in [1.807, 2.05) is 32.6 Å². The molecule has 1 aromatic carbocycles. The van der Waals surface area contributed by atoms with Gasteiger partial charge in [0.25, 0.3) is 0 Å². The number of ether oxygens (including phenoxy) is 1. The molecule has 1 amide bonds. The summed E-state index contributed by atoms with van der Waals surface area (Å²) in [6.45, 7) is 16.0. The second kappa shape index (κ2) is 13.5. The minimum atomic E-state index is -4.56. The van der Waals surface area contributed by atoms with Crippen molar-refractivity contribution in [2.75, 3.05) is 32.7 Å². The molecule has 10 heteroatoms. The molecule has 0 radical (unpaired) electrons. The number of benzene rings is 1. The third-order valence-electron chi connectivity index (χ3n) is 9.26. The molecule has 0 unspecified atom stereocenters. The molecule has 2 N–H and O–H groups in total. The van der Waals surface area contributed by atoms with E-state index < -0.39 is 23.1 Å². The number of phenolic OH excluding ortho intramolecular Hbond substituents is 1. The lowest BCUT2D eigenvalue weighted by Crippen LogP contribution is -2.54. The molecule has 0 aliphatic carbocycles. The number of hydrogen-bond acceptors (Lipinski definition) is 6. The Labute approximate surface area is 260 Å². The van der Waals surface area contributed by atoms with Crippen molar-refractivity contribution in [3.8, 4) is 5.75 Å². The van der Waals surface area contributed by atoms with Crippen LogP contribution < -0.4 is 0 Å². The maximum absolute atomic E-state index is 13.2. The summed E-state index contributed by atoms with van der Waals surface area (Å²) in [6, 6.07) is 3.55. The first-order chi connectivity index (χ1) is 20.6. The van der Waals surface area contributed by atoms with Crippen molar-refractivity contribution >= 4 is 11.8 Å². The van der Waals surface area contributed by atoms with Gasteiger partial charge in [-0.1, -0.05) is 6.92 Å². The van der Waals surface area contributed by atoms with E-state index in [9.17, 15) is 23.1 Å². The van der Waals surface area contributed by atoms with Crippen LogP contribution in [0.5, 0.6) is 5.75 Å². The van der Waals surface area contributed by atoms with Crippen molar-refractivity contribution in [1.82, 2.24) is 14.7 Å². The van der Waals surface area contributed by atoms with Gasteiger partial charge >= 0.3 is 12.3 Å². The minimum absolute atomic E-state index is 0.0523. The highest BCUT2D eigenvalue weighted by Gasteiger charge is 2.36. The third-order valence-corrected chi connectivity index (χ3v) is 9.26. The first-order valence-electron chi connectivity index (χ1n) is 16.0. The van der Waals surface area contributed by atoms with E-state index in [4.69, 9.17) is 10.1 Å². The van der Waals surface area contributed by atoms with Crippen molar-refractivity contribution in [2.45, 2.75) is 110 Å². The van der Waals surface area contributed by atoms with Crippen LogP contribution in [0.4, 0.5) is 18.0 Å². The summed E-state index contributed by atoms with van der Waals surface area (Å²) in [5.41, 5.74) is 2.84. The zero-order valence-electron chi connectivity index (χ0n) is 27.1. The fourth-order valence-electron chi connectivity index (χ4n) is 6.81. The molecule has 0 spiro atoms. The average molecular weight is 619 g/mol. The Bertz CT molecular complexity index is 1290. The second-order valence-corrected chi connectivity index (χ2v) is 13.5. The first kappa shape index (κ1) is 33.9. The molecule has 3 aliphatic rings. The number of likely N-dealkylation sites (tertiary alicyclic amines) is 3. The van der Waals surface area contributed by atoms with Crippen LogP contribution in [-0.4, -0.2) is 82.0 Å². The summed E-state index contributed by atoms with van der Waals surface area (Å²) in [6.07, 6.45) is 1.73. The highest BCUT2D eigenvalue weighted by Crippen LogP contribution is 2.39. The zero-order valence-corrected chi connectivity index (χ0v) is 27.1. The lowest BCUT2D eigenvalue weighted by atomic mass is 9.86. The number of phenols is 1. The van der Waals surface area contributed by atoms with Gasteiger partial charge < -0.3 is 19.6 Å². The molecule has 7 nitrogen and oxygen atoms in total. The van der Waals surface area contributed by atoms with Gasteiger partial charge in [0.1, 0.15) is 11.4 Å². The summed E-state index contributed by atoms with van der Waals surface area (Å²) in [7, 11) is 0. The third kappa shape index (κ3) is 7.79. The lowest BCUT2D eigenvalue weighted by molar-refractivity contribution is -0.137. The van der Waals surface area contributed by atoms with Gasteiger partial charge in [0.05, 0.1) is 11.3 Å². The number of aromatic hydroxyl groups is 1. The van der Waals surface area contributed by atoms with Gasteiger partial charge in [-0.15, -0.1) is 0 Å². The van der Waals surface area contributed by atoms with Crippen molar-refractivity contribution < 1.29 is 27.8 Å². The van der Waals surface area contributed by atoms with Crippen LogP contribution in [0.2, 0.25) is 0 Å². The van der Waals surface area contributed by atoms with Gasteiger partial charge in [0.2, 0.25) is 0 Å². The molecular formula is C34H49F3N4O3. The number of amides is 1. The zero-order chi connectivity index (χ0) is 32.4. The van der Waals surface area contributed by atoms with Crippen LogP contribution >= 0.6 is 0 Å². The summed E-state index contributed by atoms with van der Waals surface area (Å²) in [4.78, 5) is 19.5. The van der Waals surface area contributed by atoms with Crippen molar-refractivity contribution in [3.05, 3.63) is 51.7 Å². The molecule has 4 rings (SSSR count). The smallest absolute Gasteiger partial charge is 0.416 e. The Morgan fingerprint density at radius 3 is 2.30 bits per heavy atom. The van der Waals surface area contributed by atoms with Gasteiger partial charge in [0, 0.05) is 49.5 Å². The largest absolute Gasteiger partial charge is 0.507 e. The van der Waals surface area contributed by atoms with Gasteiger partial charge in [-0.05, 0) is 121 Å². The predicted molar refractivity (Wildman–Crippen MR) is 167 cm³/mol. The fraction of sp³-hybridized carbons (Fsp3) is 0.647. The molecule has 244 valence electrons. The molecule has 0 saturated carbocycles. The number of piperidine rings is 3. The van der Waals surface area contributed by atoms with Gasteiger partial charge in [-0.25, -0.2) is 4.79 Å². The SMILES string of the molecule is CCC(C)=C1/C(=C(/C)C(=N)c2ccc(C(F)(F)F)cc2O)CCCN1[C@@H]1CCCN(C2CCN(C(=O)OC(C)(C)C)CC2)C1. The number of nitrogens with zero attached hydrogens (tertiary/aromatic N) is 3. The Morgan fingerprint density at radius 2 is 1.70 bits per heavy atom. The van der Waals surface area contributed by atoms with Crippen LogP contribution in [-0.2, 0) is 10.9 Å². The highest BCUT2D eigenvalue weighted by molar-refractivity contribution is 6.12.